The average Bonchev–Trinajstić information content (AvgIpc) is 3.99. The molecule has 4 saturated heterocycles. The van der Waals surface area contributed by atoms with E-state index in [9.17, 15) is 29.4 Å². The minimum Gasteiger partial charge on any atom is -0.465 e. The third-order valence-corrected chi connectivity index (χ3v) is 15.1. The van der Waals surface area contributed by atoms with Crippen LogP contribution in [0.5, 0.6) is 0 Å². The molecule has 0 unspecified atom stereocenters. The summed E-state index contributed by atoms with van der Waals surface area (Å²) in [6.45, 7) is 2.04. The second-order valence-electron chi connectivity index (χ2n) is 19.0. The molecule has 18 heteroatoms. The molecule has 8 atom stereocenters. The van der Waals surface area contributed by atoms with Crippen molar-refractivity contribution in [2.75, 3.05) is 26.4 Å². The van der Waals surface area contributed by atoms with Crippen LogP contribution >= 0.6 is 0 Å². The van der Waals surface area contributed by atoms with Crippen LogP contribution < -0.4 is 10.6 Å². The number of ether oxygens (including phenoxy) is 2. The van der Waals surface area contributed by atoms with Crippen LogP contribution in [0.2, 0.25) is 0 Å². The van der Waals surface area contributed by atoms with E-state index in [0.29, 0.717) is 81.3 Å². The fraction of sp³-hybridized carbons (Fsp3) is 0.458. The Labute approximate surface area is 377 Å². The molecule has 7 heterocycles. The quantitative estimate of drug-likeness (QED) is 0.0906. The number of piperidine rings is 2. The molecule has 3 aromatic carbocycles. The van der Waals surface area contributed by atoms with Gasteiger partial charge in [0.2, 0.25) is 11.8 Å². The van der Waals surface area contributed by atoms with Crippen LogP contribution in [0.1, 0.15) is 75.1 Å². The summed E-state index contributed by atoms with van der Waals surface area (Å²) in [7, 11) is 0. The highest BCUT2D eigenvalue weighted by Crippen LogP contribution is 2.55. The van der Waals surface area contributed by atoms with E-state index in [1.54, 1.807) is 6.20 Å². The molecular weight excluding hydrogens is 845 g/mol. The Hall–Kier alpha value is -6.66. The van der Waals surface area contributed by atoms with E-state index < -0.39 is 24.3 Å². The first-order chi connectivity index (χ1) is 32.1. The van der Waals surface area contributed by atoms with Crippen molar-refractivity contribution in [3.63, 3.8) is 0 Å². The first kappa shape index (κ1) is 40.8. The van der Waals surface area contributed by atoms with Crippen LogP contribution in [0.3, 0.4) is 0 Å². The minimum absolute atomic E-state index is 0.0867. The molecule has 4 amide bonds. The summed E-state index contributed by atoms with van der Waals surface area (Å²) in [5, 5.41) is 24.4. The number of amides is 4. The van der Waals surface area contributed by atoms with E-state index in [2.05, 4.69) is 26.7 Å². The van der Waals surface area contributed by atoms with Crippen LogP contribution in [0.15, 0.2) is 60.8 Å². The predicted octanol–water partition coefficient (Wildman–Crippen LogP) is 6.17. The first-order valence-corrected chi connectivity index (χ1v) is 23.2. The van der Waals surface area contributed by atoms with E-state index in [-0.39, 0.29) is 47.8 Å². The Morgan fingerprint density at radius 1 is 0.591 bits per heavy atom. The van der Waals surface area contributed by atoms with Gasteiger partial charge in [-0.05, 0) is 123 Å². The van der Waals surface area contributed by atoms with Gasteiger partial charge in [0.15, 0.2) is 0 Å². The molecule has 6 aromatic rings. The number of hydrogen-bond acceptors (Lipinski definition) is 10. The number of benzene rings is 3. The average molecular weight is 895 g/mol. The molecule has 18 nitrogen and oxygen atoms in total. The maximum absolute atomic E-state index is 14.2. The van der Waals surface area contributed by atoms with Gasteiger partial charge in [0.1, 0.15) is 23.7 Å². The minimum atomic E-state index is -1.20. The second-order valence-corrected chi connectivity index (χ2v) is 19.0. The molecule has 4 aliphatic heterocycles. The van der Waals surface area contributed by atoms with Crippen LogP contribution in [0.4, 0.5) is 9.59 Å². The van der Waals surface area contributed by atoms with Gasteiger partial charge in [-0.3, -0.25) is 14.6 Å². The number of fused-ring (bicyclic) bond motifs is 5. The van der Waals surface area contributed by atoms with Crippen molar-refractivity contribution in [3.05, 3.63) is 72.4 Å². The van der Waals surface area contributed by atoms with E-state index in [0.717, 1.165) is 75.5 Å². The van der Waals surface area contributed by atoms with Crippen LogP contribution in [0.25, 0.3) is 55.5 Å². The summed E-state index contributed by atoms with van der Waals surface area (Å²) in [5.41, 5.74) is 8.18. The Balaban J connectivity index is 0.767. The topological polar surface area (TPSA) is 241 Å². The fourth-order valence-electron chi connectivity index (χ4n) is 11.5. The van der Waals surface area contributed by atoms with Gasteiger partial charge in [0.25, 0.3) is 0 Å². The molecule has 66 heavy (non-hydrogen) atoms. The van der Waals surface area contributed by atoms with E-state index in [4.69, 9.17) is 29.4 Å². The molecule has 0 spiro atoms. The van der Waals surface area contributed by atoms with E-state index in [1.165, 1.54) is 0 Å². The number of nitrogens with one attached hydrogen (secondary N) is 4. The molecule has 2 saturated carbocycles. The zero-order valence-corrected chi connectivity index (χ0v) is 36.1. The number of carbonyl (C=O) groups is 4. The lowest BCUT2D eigenvalue weighted by Gasteiger charge is -2.35. The van der Waals surface area contributed by atoms with Gasteiger partial charge in [-0.2, -0.15) is 0 Å². The van der Waals surface area contributed by atoms with Gasteiger partial charge < -0.3 is 50.1 Å². The van der Waals surface area contributed by atoms with Crippen molar-refractivity contribution in [3.8, 4) is 22.4 Å². The Kier molecular flexibility index (Phi) is 9.92. The van der Waals surface area contributed by atoms with Crippen molar-refractivity contribution in [1.29, 1.82) is 0 Å². The maximum atomic E-state index is 14.2. The highest BCUT2D eigenvalue weighted by molar-refractivity contribution is 5.90. The standard InChI is InChI=1S/C48H50N10O8/c59-45(41(55-47(61)62)23-7-11-65-12-8-23)57-37-18-28(37)20-39(57)43-51-31-5-2-26(16-34(31)53-43)25-1-4-30-33(15-25)49-22-36(50-30)27-3-6-32-35(17-27)54-44(52-32)40-21-29-19-38(29)58(40)46(60)42(56-48(63)64)24-9-13-66-14-10-24/h1-6,15-17,22-24,28-29,37-42,55-56H,7-14,18-21H2,(H,51,53)(H,52,54)(H,61,62)(H,63,64)/t28-,29-,37-,38-,39+,40+,41+,42+/m1/s1. The molecule has 340 valence electrons. The Morgan fingerprint density at radius 3 is 1.58 bits per heavy atom. The molecule has 6 aliphatic rings. The third-order valence-electron chi connectivity index (χ3n) is 15.1. The third kappa shape index (κ3) is 7.35. The number of aromatic amines is 2. The molecule has 0 bridgehead atoms. The lowest BCUT2D eigenvalue weighted by atomic mass is 9.90. The van der Waals surface area contributed by atoms with Crippen molar-refractivity contribution in [1.82, 2.24) is 50.3 Å². The number of carboxylic acid groups (broad SMARTS) is 2. The molecule has 2 aliphatic carbocycles. The van der Waals surface area contributed by atoms with Gasteiger partial charge in [-0.1, -0.05) is 18.2 Å². The summed E-state index contributed by atoms with van der Waals surface area (Å²) in [6, 6.07) is 16.0. The number of nitrogens with zero attached hydrogens (tertiary/aromatic N) is 6. The van der Waals surface area contributed by atoms with Gasteiger partial charge >= 0.3 is 12.2 Å². The molecule has 12 rings (SSSR count). The van der Waals surface area contributed by atoms with Crippen molar-refractivity contribution >= 4 is 57.1 Å². The fourth-order valence-corrected chi connectivity index (χ4v) is 11.5. The lowest BCUT2D eigenvalue weighted by Crippen LogP contribution is -2.53. The van der Waals surface area contributed by atoms with E-state index >= 15 is 0 Å². The number of imidazole rings is 2. The number of H-pyrrole nitrogens is 2. The summed E-state index contributed by atoms with van der Waals surface area (Å²) >= 11 is 0. The second kappa shape index (κ2) is 16.0. The summed E-state index contributed by atoms with van der Waals surface area (Å²) in [4.78, 5) is 82.5. The number of rotatable bonds is 10. The number of aromatic nitrogens is 6. The SMILES string of the molecule is O=C(O)N[C@H](C(=O)N1[C@@H]2C[C@@H]2C[C@H]1c1nc2ccc(-c3ccc4nc(-c5ccc6nc([C@@H]7C[C@H]8C[C@H]8N7C(=O)[C@@H](NC(=O)O)C7CCOCC7)[nH]c6c5)cnc4c3)cc2[nH]1)C1CCOCC1. The predicted molar refractivity (Wildman–Crippen MR) is 239 cm³/mol. The number of carbonyl (C=O) groups excluding carboxylic acids is 2. The summed E-state index contributed by atoms with van der Waals surface area (Å²) in [6.07, 6.45) is 5.29. The largest absolute Gasteiger partial charge is 0.465 e. The van der Waals surface area contributed by atoms with E-state index in [1.807, 2.05) is 58.3 Å². The zero-order chi connectivity index (χ0) is 44.8. The molecule has 6 fully saturated rings. The van der Waals surface area contributed by atoms with Gasteiger partial charge in [-0.25, -0.2) is 24.5 Å². The van der Waals surface area contributed by atoms with Gasteiger partial charge in [0.05, 0.1) is 57.1 Å². The van der Waals surface area contributed by atoms with Gasteiger partial charge in [-0.15, -0.1) is 0 Å². The Bertz CT molecular complexity index is 2730. The normalized spacial score (nSPS) is 26.0. The Morgan fingerprint density at radius 2 is 1.06 bits per heavy atom. The lowest BCUT2D eigenvalue weighted by molar-refractivity contribution is -0.138. The van der Waals surface area contributed by atoms with Crippen molar-refractivity contribution in [2.24, 2.45) is 23.7 Å². The summed E-state index contributed by atoms with van der Waals surface area (Å²) < 4.78 is 11.0. The number of hydrogen-bond donors (Lipinski definition) is 6. The van der Waals surface area contributed by atoms with Crippen molar-refractivity contribution < 1.29 is 38.9 Å². The number of likely N-dealkylation sites (tertiary alicyclic amines) is 2. The summed E-state index contributed by atoms with van der Waals surface area (Å²) in [5.74, 6) is 1.56. The highest BCUT2D eigenvalue weighted by atomic mass is 16.5. The van der Waals surface area contributed by atoms with Crippen LogP contribution in [-0.4, -0.2) is 125 Å². The monoisotopic (exact) mass is 894 g/mol. The smallest absolute Gasteiger partial charge is 0.405 e. The maximum Gasteiger partial charge on any atom is 0.405 e. The zero-order valence-electron chi connectivity index (χ0n) is 36.1. The van der Waals surface area contributed by atoms with Crippen LogP contribution in [-0.2, 0) is 19.1 Å². The highest BCUT2D eigenvalue weighted by Gasteiger charge is 2.58. The molecule has 6 N–H and O–H groups in total. The molecule has 3 aromatic heterocycles. The molecule has 0 radical (unpaired) electrons. The van der Waals surface area contributed by atoms with Crippen LogP contribution in [0, 0.1) is 23.7 Å². The first-order valence-electron chi connectivity index (χ1n) is 23.2. The molecular formula is C48H50N10O8. The van der Waals surface area contributed by atoms with Crippen molar-refractivity contribution in [2.45, 2.75) is 87.6 Å². The van der Waals surface area contributed by atoms with Gasteiger partial charge in [0, 0.05) is 44.1 Å².